The van der Waals surface area contributed by atoms with E-state index in [1.54, 1.807) is 6.92 Å². The Balaban J connectivity index is 1.50. The van der Waals surface area contributed by atoms with Crippen LogP contribution < -0.4 is 0 Å². The fourth-order valence-electron chi connectivity index (χ4n) is 4.82. The van der Waals surface area contributed by atoms with Gasteiger partial charge < -0.3 is 15.1 Å². The van der Waals surface area contributed by atoms with Gasteiger partial charge in [0.15, 0.2) is 0 Å². The van der Waals surface area contributed by atoms with Gasteiger partial charge in [-0.3, -0.25) is 4.90 Å². The Kier molecular flexibility index (Phi) is 5.85. The molecule has 0 radical (unpaired) electrons. The number of nitrogens with zero attached hydrogens (tertiary/aromatic N) is 2. The molecule has 4 atom stereocenters. The van der Waals surface area contributed by atoms with Gasteiger partial charge in [-0.05, 0) is 69.3 Å². The van der Waals surface area contributed by atoms with Crippen molar-refractivity contribution >= 4 is 0 Å². The van der Waals surface area contributed by atoms with Gasteiger partial charge in [-0.1, -0.05) is 24.0 Å². The van der Waals surface area contributed by atoms with Crippen molar-refractivity contribution in [3.8, 4) is 11.8 Å². The lowest BCUT2D eigenvalue weighted by Gasteiger charge is -2.57. The number of fused-ring (bicyclic) bond motifs is 1. The van der Waals surface area contributed by atoms with Gasteiger partial charge in [0, 0.05) is 36.7 Å². The molecule has 4 nitrogen and oxygen atoms in total. The monoisotopic (exact) mass is 368 g/mol. The van der Waals surface area contributed by atoms with Gasteiger partial charge in [0.05, 0.1) is 6.61 Å². The van der Waals surface area contributed by atoms with E-state index >= 15 is 0 Å². The summed E-state index contributed by atoms with van der Waals surface area (Å²) in [5, 5.41) is 19.4. The van der Waals surface area contributed by atoms with E-state index in [0.29, 0.717) is 12.0 Å². The van der Waals surface area contributed by atoms with E-state index in [2.05, 4.69) is 33.8 Å². The van der Waals surface area contributed by atoms with E-state index in [1.807, 2.05) is 12.1 Å². The Morgan fingerprint density at radius 2 is 1.89 bits per heavy atom. The van der Waals surface area contributed by atoms with Crippen molar-refractivity contribution in [1.82, 2.24) is 9.80 Å². The largest absolute Gasteiger partial charge is 0.395 e. The second kappa shape index (κ2) is 8.32. The van der Waals surface area contributed by atoms with Crippen LogP contribution in [0.25, 0.3) is 0 Å². The molecule has 2 N–H and O–H groups in total. The van der Waals surface area contributed by atoms with Crippen LogP contribution in [0.3, 0.4) is 0 Å². The molecular weight excluding hydrogens is 336 g/mol. The predicted octanol–water partition coefficient (Wildman–Crippen LogP) is 2.05. The Morgan fingerprint density at radius 3 is 2.56 bits per heavy atom. The highest BCUT2D eigenvalue weighted by molar-refractivity contribution is 5.39. The molecule has 2 saturated heterocycles. The molecule has 3 aliphatic rings. The second-order valence-electron chi connectivity index (χ2n) is 8.56. The number of rotatable bonds is 4. The van der Waals surface area contributed by atoms with Crippen molar-refractivity contribution in [3.63, 3.8) is 0 Å². The smallest absolute Gasteiger partial charge is 0.112 e. The molecule has 27 heavy (non-hydrogen) atoms. The van der Waals surface area contributed by atoms with Crippen molar-refractivity contribution in [1.29, 1.82) is 0 Å². The van der Waals surface area contributed by atoms with Crippen LogP contribution in [-0.4, -0.2) is 71.0 Å². The lowest BCUT2D eigenvalue weighted by atomic mass is 9.74. The zero-order valence-corrected chi connectivity index (χ0v) is 16.3. The Hall–Kier alpha value is -1.38. The predicted molar refractivity (Wildman–Crippen MR) is 108 cm³/mol. The quantitative estimate of drug-likeness (QED) is 0.799. The maximum Gasteiger partial charge on any atom is 0.112 e. The summed E-state index contributed by atoms with van der Waals surface area (Å²) < 4.78 is 0. The van der Waals surface area contributed by atoms with E-state index in [-0.39, 0.29) is 12.6 Å². The average molecular weight is 369 g/mol. The van der Waals surface area contributed by atoms with Crippen LogP contribution in [0.4, 0.5) is 0 Å². The molecule has 1 aromatic carbocycles. The number of hydrogen-bond acceptors (Lipinski definition) is 4. The fourth-order valence-corrected chi connectivity index (χ4v) is 4.82. The average Bonchev–Trinajstić information content (AvgIpc) is 3.45. The Labute approximate surface area is 163 Å². The van der Waals surface area contributed by atoms with Crippen molar-refractivity contribution in [2.45, 2.75) is 56.7 Å². The van der Waals surface area contributed by atoms with Gasteiger partial charge in [-0.2, -0.15) is 0 Å². The summed E-state index contributed by atoms with van der Waals surface area (Å²) in [5.74, 6) is 7.14. The normalized spacial score (nSPS) is 30.3. The molecule has 1 aliphatic carbocycles. The van der Waals surface area contributed by atoms with Crippen LogP contribution in [0.5, 0.6) is 0 Å². The molecule has 0 spiro atoms. The number of benzene rings is 1. The first kappa shape index (κ1) is 19.0. The van der Waals surface area contributed by atoms with E-state index < -0.39 is 6.10 Å². The summed E-state index contributed by atoms with van der Waals surface area (Å²) in [7, 11) is 0. The first-order valence-corrected chi connectivity index (χ1v) is 10.5. The van der Waals surface area contributed by atoms with Gasteiger partial charge in [0.2, 0.25) is 0 Å². The Morgan fingerprint density at radius 1 is 1.15 bits per heavy atom. The fraction of sp³-hybridized carbons (Fsp3) is 0.652. The summed E-state index contributed by atoms with van der Waals surface area (Å²) in [4.78, 5) is 5.22. The van der Waals surface area contributed by atoms with Crippen LogP contribution in [0, 0.1) is 17.8 Å². The molecule has 0 aromatic heterocycles. The van der Waals surface area contributed by atoms with Gasteiger partial charge in [-0.25, -0.2) is 0 Å². The highest BCUT2D eigenvalue weighted by Gasteiger charge is 2.49. The van der Waals surface area contributed by atoms with Crippen LogP contribution in [0.15, 0.2) is 24.3 Å². The van der Waals surface area contributed by atoms with Gasteiger partial charge in [0.1, 0.15) is 6.10 Å². The van der Waals surface area contributed by atoms with Crippen LogP contribution >= 0.6 is 0 Å². The molecule has 0 bridgehead atoms. The third-order valence-corrected chi connectivity index (χ3v) is 6.39. The van der Waals surface area contributed by atoms with E-state index in [9.17, 15) is 10.2 Å². The Bertz CT molecular complexity index is 687. The zero-order valence-electron chi connectivity index (χ0n) is 16.3. The zero-order chi connectivity index (χ0) is 18.8. The summed E-state index contributed by atoms with van der Waals surface area (Å²) in [6, 6.07) is 9.18. The summed E-state index contributed by atoms with van der Waals surface area (Å²) in [5.41, 5.74) is 2.24. The molecule has 0 amide bonds. The molecule has 2 heterocycles. The van der Waals surface area contributed by atoms with Crippen LogP contribution in [0.1, 0.15) is 49.7 Å². The van der Waals surface area contributed by atoms with Crippen molar-refractivity contribution in [2.75, 3.05) is 32.8 Å². The SMILES string of the molecule is C[C@H](O)C#Cc1ccc([C@H]2[C@H]3CN(CC4CC4)CCCCN3[C@H]2CO)cc1. The van der Waals surface area contributed by atoms with E-state index in [0.717, 1.165) is 24.6 Å². The topological polar surface area (TPSA) is 46.9 Å². The van der Waals surface area contributed by atoms with Crippen LogP contribution in [-0.2, 0) is 0 Å². The number of aliphatic hydroxyl groups is 2. The molecule has 3 fully saturated rings. The summed E-state index contributed by atoms with van der Waals surface area (Å²) in [6.07, 6.45) is 4.71. The third-order valence-electron chi connectivity index (χ3n) is 6.39. The molecule has 146 valence electrons. The number of aliphatic hydroxyl groups excluding tert-OH is 2. The van der Waals surface area contributed by atoms with Crippen molar-refractivity contribution in [2.24, 2.45) is 5.92 Å². The van der Waals surface area contributed by atoms with Crippen molar-refractivity contribution in [3.05, 3.63) is 35.4 Å². The van der Waals surface area contributed by atoms with Gasteiger partial charge in [-0.15, -0.1) is 0 Å². The first-order chi connectivity index (χ1) is 13.2. The third kappa shape index (κ3) is 4.38. The minimum atomic E-state index is -0.601. The summed E-state index contributed by atoms with van der Waals surface area (Å²) in [6.45, 7) is 6.63. The standard InChI is InChI=1S/C23H32N2O2/c1-17(27)4-5-18-8-10-20(11-9-18)23-21-15-24(14-19-6-7-19)12-2-3-13-25(21)22(23)16-26/h8-11,17,19,21-23,26-27H,2-3,6-7,12-16H2,1H3/t17-,21+,22-,23-/m0/s1. The molecule has 0 unspecified atom stereocenters. The highest BCUT2D eigenvalue weighted by atomic mass is 16.3. The van der Waals surface area contributed by atoms with Gasteiger partial charge in [0.25, 0.3) is 0 Å². The minimum Gasteiger partial charge on any atom is -0.395 e. The first-order valence-electron chi connectivity index (χ1n) is 10.5. The maximum absolute atomic E-state index is 10.0. The lowest BCUT2D eigenvalue weighted by molar-refractivity contribution is -0.0649. The molecule has 4 heteroatoms. The van der Waals surface area contributed by atoms with Gasteiger partial charge >= 0.3 is 0 Å². The van der Waals surface area contributed by atoms with E-state index in [1.165, 1.54) is 44.3 Å². The minimum absolute atomic E-state index is 0.230. The summed E-state index contributed by atoms with van der Waals surface area (Å²) >= 11 is 0. The second-order valence-corrected chi connectivity index (χ2v) is 8.56. The molecule has 4 rings (SSSR count). The molecule has 1 aromatic rings. The number of hydrogen-bond donors (Lipinski definition) is 2. The lowest BCUT2D eigenvalue weighted by Crippen LogP contribution is -2.67. The van der Waals surface area contributed by atoms with Crippen molar-refractivity contribution < 1.29 is 10.2 Å². The highest BCUT2D eigenvalue weighted by Crippen LogP contribution is 2.42. The molecule has 1 saturated carbocycles. The maximum atomic E-state index is 10.0. The van der Waals surface area contributed by atoms with E-state index in [4.69, 9.17) is 0 Å². The van der Waals surface area contributed by atoms with Crippen LogP contribution in [0.2, 0.25) is 0 Å². The molecule has 2 aliphatic heterocycles. The molecular formula is C23H32N2O2.